The number of hydrogen-bond acceptors (Lipinski definition) is 2. The van der Waals surface area contributed by atoms with Crippen LogP contribution in [0.4, 0.5) is 0 Å². The molecular formula is C19H31O2P. The molecule has 3 heteroatoms. The van der Waals surface area contributed by atoms with Crippen LogP contribution in [0, 0.1) is 5.92 Å². The first kappa shape index (κ1) is 19.2. The molecule has 0 fully saturated rings. The standard InChI is InChI=1S/C19H31O2P/c1-4-8-16(5-2)9-7-14-20-15-21-18-12-10-17(11-13-18)19(22)6-3/h4,10-13,16,19H,1,5-9,14-15,22H2,2-3H3. The molecule has 3 unspecified atom stereocenters. The van der Waals surface area contributed by atoms with Crippen molar-refractivity contribution in [2.24, 2.45) is 5.92 Å². The highest BCUT2D eigenvalue weighted by molar-refractivity contribution is 7.17. The van der Waals surface area contributed by atoms with Gasteiger partial charge in [-0.15, -0.1) is 15.8 Å². The zero-order valence-corrected chi connectivity index (χ0v) is 15.2. The van der Waals surface area contributed by atoms with Crippen LogP contribution in [0.2, 0.25) is 0 Å². The number of allylic oxidation sites excluding steroid dienone is 1. The maximum atomic E-state index is 5.61. The summed E-state index contributed by atoms with van der Waals surface area (Å²) in [6.07, 6.45) is 7.74. The van der Waals surface area contributed by atoms with Crippen LogP contribution in [0.3, 0.4) is 0 Å². The van der Waals surface area contributed by atoms with Crippen LogP contribution in [-0.4, -0.2) is 13.4 Å². The third-order valence-corrected chi connectivity index (χ3v) is 4.89. The largest absolute Gasteiger partial charge is 0.468 e. The zero-order chi connectivity index (χ0) is 16.2. The van der Waals surface area contributed by atoms with Crippen molar-refractivity contribution >= 4 is 9.24 Å². The molecule has 0 amide bonds. The first-order chi connectivity index (χ1) is 10.7. The molecule has 1 aromatic rings. The summed E-state index contributed by atoms with van der Waals surface area (Å²) in [5, 5.41) is 0. The van der Waals surface area contributed by atoms with E-state index in [9.17, 15) is 0 Å². The summed E-state index contributed by atoms with van der Waals surface area (Å²) in [5.41, 5.74) is 1.85. The lowest BCUT2D eigenvalue weighted by Crippen LogP contribution is -2.06. The molecule has 0 radical (unpaired) electrons. The number of benzene rings is 1. The smallest absolute Gasteiger partial charge is 0.189 e. The summed E-state index contributed by atoms with van der Waals surface area (Å²) in [4.78, 5) is 0. The summed E-state index contributed by atoms with van der Waals surface area (Å²) < 4.78 is 11.2. The van der Waals surface area contributed by atoms with Gasteiger partial charge in [-0.05, 0) is 55.0 Å². The SMILES string of the molecule is C=CCC(CC)CCCOCOc1ccc(C(P)CC)cc1. The predicted molar refractivity (Wildman–Crippen MR) is 98.5 cm³/mol. The minimum absolute atomic E-state index is 0.329. The van der Waals surface area contributed by atoms with E-state index in [4.69, 9.17) is 9.47 Å². The Morgan fingerprint density at radius 3 is 2.50 bits per heavy atom. The summed E-state index contributed by atoms with van der Waals surface area (Å²) >= 11 is 0. The molecule has 124 valence electrons. The van der Waals surface area contributed by atoms with Crippen LogP contribution in [0.5, 0.6) is 5.75 Å². The summed E-state index contributed by atoms with van der Waals surface area (Å²) in [6, 6.07) is 8.28. The maximum Gasteiger partial charge on any atom is 0.189 e. The molecule has 0 aliphatic carbocycles. The first-order valence-electron chi connectivity index (χ1n) is 8.38. The van der Waals surface area contributed by atoms with Gasteiger partial charge in [-0.2, -0.15) is 0 Å². The average Bonchev–Trinajstić information content (AvgIpc) is 2.56. The topological polar surface area (TPSA) is 18.5 Å². The van der Waals surface area contributed by atoms with Crippen LogP contribution >= 0.6 is 9.24 Å². The monoisotopic (exact) mass is 322 g/mol. The van der Waals surface area contributed by atoms with Crippen molar-refractivity contribution in [3.05, 3.63) is 42.5 Å². The van der Waals surface area contributed by atoms with E-state index in [2.05, 4.69) is 41.8 Å². The maximum absolute atomic E-state index is 5.61. The van der Waals surface area contributed by atoms with Crippen LogP contribution in [0.25, 0.3) is 0 Å². The van der Waals surface area contributed by atoms with Gasteiger partial charge in [-0.1, -0.05) is 38.5 Å². The second-order valence-corrected chi connectivity index (χ2v) is 6.50. The summed E-state index contributed by atoms with van der Waals surface area (Å²) in [5.74, 6) is 1.61. The van der Waals surface area contributed by atoms with E-state index in [1.165, 1.54) is 18.4 Å². The fourth-order valence-electron chi connectivity index (χ4n) is 2.41. The van der Waals surface area contributed by atoms with E-state index >= 15 is 0 Å². The molecule has 0 heterocycles. The Kier molecular flexibility index (Phi) is 10.2. The van der Waals surface area contributed by atoms with Gasteiger partial charge >= 0.3 is 0 Å². The zero-order valence-electron chi connectivity index (χ0n) is 14.1. The molecule has 1 aromatic carbocycles. The molecule has 0 aliphatic heterocycles. The second-order valence-electron chi connectivity index (χ2n) is 5.70. The summed E-state index contributed by atoms with van der Waals surface area (Å²) in [6.45, 7) is 9.32. The molecule has 2 nitrogen and oxygen atoms in total. The van der Waals surface area contributed by atoms with Gasteiger partial charge in [-0.25, -0.2) is 0 Å². The highest BCUT2D eigenvalue weighted by atomic mass is 31.0. The Hall–Kier alpha value is -0.850. The number of ether oxygens (including phenoxy) is 2. The lowest BCUT2D eigenvalue weighted by molar-refractivity contribution is 0.0124. The minimum atomic E-state index is 0.329. The quantitative estimate of drug-likeness (QED) is 0.211. The van der Waals surface area contributed by atoms with E-state index in [0.717, 1.165) is 37.5 Å². The van der Waals surface area contributed by atoms with Gasteiger partial charge in [0.1, 0.15) is 5.75 Å². The van der Waals surface area contributed by atoms with Crippen LogP contribution in [0.1, 0.15) is 57.2 Å². The Morgan fingerprint density at radius 2 is 1.91 bits per heavy atom. The molecule has 0 aliphatic rings. The van der Waals surface area contributed by atoms with E-state index < -0.39 is 0 Å². The first-order valence-corrected chi connectivity index (χ1v) is 9.04. The lowest BCUT2D eigenvalue weighted by atomic mass is 9.97. The van der Waals surface area contributed by atoms with Crippen LogP contribution < -0.4 is 4.74 Å². The minimum Gasteiger partial charge on any atom is -0.468 e. The Morgan fingerprint density at radius 1 is 1.18 bits per heavy atom. The van der Waals surface area contributed by atoms with E-state index in [-0.39, 0.29) is 0 Å². The van der Waals surface area contributed by atoms with Crippen LogP contribution in [0.15, 0.2) is 36.9 Å². The van der Waals surface area contributed by atoms with Crippen molar-refractivity contribution in [1.82, 2.24) is 0 Å². The Labute approximate surface area is 138 Å². The number of hydrogen-bond donors (Lipinski definition) is 0. The van der Waals surface area contributed by atoms with Gasteiger partial charge in [0.05, 0.1) is 6.61 Å². The fraction of sp³-hybridized carbons (Fsp3) is 0.579. The van der Waals surface area contributed by atoms with Gasteiger partial charge in [0.25, 0.3) is 0 Å². The van der Waals surface area contributed by atoms with E-state index in [1.807, 2.05) is 18.2 Å². The summed E-state index contributed by atoms with van der Waals surface area (Å²) in [7, 11) is 2.87. The predicted octanol–water partition coefficient (Wildman–Crippen LogP) is 5.75. The third kappa shape index (κ3) is 7.42. The normalized spacial score (nSPS) is 13.6. The van der Waals surface area contributed by atoms with Crippen LogP contribution in [-0.2, 0) is 4.74 Å². The average molecular weight is 322 g/mol. The molecule has 22 heavy (non-hydrogen) atoms. The molecule has 0 aromatic heterocycles. The molecule has 0 saturated heterocycles. The third-order valence-electron chi connectivity index (χ3n) is 4.04. The molecule has 0 bridgehead atoms. The van der Waals surface area contributed by atoms with Gasteiger partial charge in [0.15, 0.2) is 6.79 Å². The second kappa shape index (κ2) is 11.7. The Balaban J connectivity index is 2.15. The lowest BCUT2D eigenvalue weighted by Gasteiger charge is -2.13. The molecule has 1 rings (SSSR count). The molecule has 3 atom stereocenters. The molecule has 0 spiro atoms. The molecule has 0 saturated carbocycles. The number of rotatable bonds is 12. The van der Waals surface area contributed by atoms with E-state index in [1.54, 1.807) is 0 Å². The van der Waals surface area contributed by atoms with Gasteiger partial charge in [-0.3, -0.25) is 0 Å². The molecular weight excluding hydrogens is 291 g/mol. The highest BCUT2D eigenvalue weighted by Crippen LogP contribution is 2.27. The van der Waals surface area contributed by atoms with Crippen molar-refractivity contribution in [3.8, 4) is 5.75 Å². The molecule has 0 N–H and O–H groups in total. The Bertz CT molecular complexity index is 402. The van der Waals surface area contributed by atoms with Crippen molar-refractivity contribution in [1.29, 1.82) is 0 Å². The van der Waals surface area contributed by atoms with Crippen molar-refractivity contribution < 1.29 is 9.47 Å². The fourth-order valence-corrected chi connectivity index (χ4v) is 2.64. The van der Waals surface area contributed by atoms with E-state index in [0.29, 0.717) is 12.5 Å². The van der Waals surface area contributed by atoms with Crippen molar-refractivity contribution in [2.45, 2.75) is 51.6 Å². The van der Waals surface area contributed by atoms with Gasteiger partial charge < -0.3 is 9.47 Å². The van der Waals surface area contributed by atoms with Gasteiger partial charge in [0, 0.05) is 0 Å². The highest BCUT2D eigenvalue weighted by Gasteiger charge is 2.04. The van der Waals surface area contributed by atoms with Gasteiger partial charge in [0.2, 0.25) is 0 Å². The van der Waals surface area contributed by atoms with Crippen molar-refractivity contribution in [2.75, 3.05) is 13.4 Å². The van der Waals surface area contributed by atoms with Crippen molar-refractivity contribution in [3.63, 3.8) is 0 Å².